The number of thioether (sulfide) groups is 1. The molecule has 0 radical (unpaired) electrons. The van der Waals surface area contributed by atoms with E-state index in [2.05, 4.69) is 10.3 Å². The fraction of sp³-hybridized carbons (Fsp3) is 0.0952. The van der Waals surface area contributed by atoms with Gasteiger partial charge in [0.2, 0.25) is 5.91 Å². The highest BCUT2D eigenvalue weighted by Crippen LogP contribution is 2.24. The molecule has 0 atom stereocenters. The van der Waals surface area contributed by atoms with Gasteiger partial charge in [-0.2, -0.15) is 0 Å². The van der Waals surface area contributed by atoms with E-state index in [9.17, 15) is 9.59 Å². The lowest BCUT2D eigenvalue weighted by Gasteiger charge is -2.09. The number of nitrogens with one attached hydrogen (secondary N) is 1. The first-order valence-electron chi connectivity index (χ1n) is 8.73. The molecule has 0 fully saturated rings. The predicted octanol–water partition coefficient (Wildman–Crippen LogP) is 3.55. The van der Waals surface area contributed by atoms with E-state index in [4.69, 9.17) is 0 Å². The van der Waals surface area contributed by atoms with Crippen molar-refractivity contribution in [1.82, 2.24) is 14.1 Å². The number of imidazole rings is 1. The fourth-order valence-electron chi connectivity index (χ4n) is 3.13. The number of fused-ring (bicyclic) bond motifs is 1. The zero-order valence-electron chi connectivity index (χ0n) is 15.2. The maximum atomic E-state index is 13.1. The Balaban J connectivity index is 1.73. The van der Waals surface area contributed by atoms with Crippen LogP contribution in [0.5, 0.6) is 0 Å². The van der Waals surface area contributed by atoms with Crippen LogP contribution in [0, 0.1) is 0 Å². The van der Waals surface area contributed by atoms with Gasteiger partial charge in [0.1, 0.15) is 6.54 Å². The molecule has 0 aliphatic rings. The number of anilines is 1. The number of amides is 1. The van der Waals surface area contributed by atoms with Crippen molar-refractivity contribution < 1.29 is 4.79 Å². The van der Waals surface area contributed by atoms with Gasteiger partial charge in [-0.05, 0) is 42.7 Å². The molecule has 140 valence electrons. The number of hydrogen-bond acceptors (Lipinski definition) is 4. The molecular formula is C21H18N4O2S. The molecule has 0 saturated heterocycles. The highest BCUT2D eigenvalue weighted by atomic mass is 32.2. The molecule has 28 heavy (non-hydrogen) atoms. The van der Waals surface area contributed by atoms with Crippen molar-refractivity contribution in [3.8, 4) is 5.69 Å². The number of rotatable bonds is 5. The fourth-order valence-corrected chi connectivity index (χ4v) is 3.68. The SMILES string of the molecule is CSc1ccccc1NC(=O)Cn1c(=O)n(-c2ccccc2)c2ncccc21. The number of nitrogens with zero attached hydrogens (tertiary/aromatic N) is 3. The number of benzene rings is 2. The van der Waals surface area contributed by atoms with Crippen LogP contribution in [-0.2, 0) is 11.3 Å². The van der Waals surface area contributed by atoms with Gasteiger partial charge in [-0.1, -0.05) is 30.3 Å². The smallest absolute Gasteiger partial charge is 0.324 e. The second-order valence-electron chi connectivity index (χ2n) is 6.13. The maximum Gasteiger partial charge on any atom is 0.335 e. The van der Waals surface area contributed by atoms with Gasteiger partial charge >= 0.3 is 5.69 Å². The average Bonchev–Trinajstić information content (AvgIpc) is 3.00. The van der Waals surface area contributed by atoms with Gasteiger partial charge in [0.15, 0.2) is 5.65 Å². The molecular weight excluding hydrogens is 372 g/mol. The van der Waals surface area contributed by atoms with Gasteiger partial charge in [0.25, 0.3) is 0 Å². The lowest BCUT2D eigenvalue weighted by Crippen LogP contribution is -2.29. The van der Waals surface area contributed by atoms with Crippen molar-refractivity contribution in [2.75, 3.05) is 11.6 Å². The highest BCUT2D eigenvalue weighted by molar-refractivity contribution is 7.98. The van der Waals surface area contributed by atoms with E-state index in [-0.39, 0.29) is 18.1 Å². The van der Waals surface area contributed by atoms with Crippen LogP contribution >= 0.6 is 11.8 Å². The number of pyridine rings is 1. The van der Waals surface area contributed by atoms with E-state index in [0.717, 1.165) is 10.6 Å². The predicted molar refractivity (Wildman–Crippen MR) is 112 cm³/mol. The van der Waals surface area contributed by atoms with E-state index < -0.39 is 0 Å². The Morgan fingerprint density at radius 3 is 2.57 bits per heavy atom. The van der Waals surface area contributed by atoms with Crippen molar-refractivity contribution in [3.63, 3.8) is 0 Å². The van der Waals surface area contributed by atoms with Crippen molar-refractivity contribution in [2.24, 2.45) is 0 Å². The van der Waals surface area contributed by atoms with E-state index >= 15 is 0 Å². The minimum Gasteiger partial charge on any atom is -0.324 e. The monoisotopic (exact) mass is 390 g/mol. The molecule has 0 saturated carbocycles. The summed E-state index contributed by atoms with van der Waals surface area (Å²) in [6, 6.07) is 20.4. The van der Waals surface area contributed by atoms with Crippen molar-refractivity contribution >= 4 is 34.5 Å². The number of carbonyl (C=O) groups excluding carboxylic acids is 1. The third-order valence-electron chi connectivity index (χ3n) is 4.39. The standard InChI is InChI=1S/C21H18N4O2S/c1-28-18-12-6-5-10-16(18)23-19(26)14-24-17-11-7-13-22-20(17)25(21(24)27)15-8-3-2-4-9-15/h2-13H,14H2,1H3,(H,23,26). The number of aromatic nitrogens is 3. The maximum absolute atomic E-state index is 13.1. The topological polar surface area (TPSA) is 68.9 Å². The third kappa shape index (κ3) is 3.32. The molecule has 1 N–H and O–H groups in total. The lowest BCUT2D eigenvalue weighted by atomic mass is 10.3. The average molecular weight is 390 g/mol. The van der Waals surface area contributed by atoms with Crippen molar-refractivity contribution in [1.29, 1.82) is 0 Å². The molecule has 0 bridgehead atoms. The summed E-state index contributed by atoms with van der Waals surface area (Å²) < 4.78 is 2.98. The van der Waals surface area contributed by atoms with Crippen molar-refractivity contribution in [2.45, 2.75) is 11.4 Å². The summed E-state index contributed by atoms with van der Waals surface area (Å²) in [5.74, 6) is -0.264. The molecule has 0 aliphatic carbocycles. The summed E-state index contributed by atoms with van der Waals surface area (Å²) in [6.07, 6.45) is 3.59. The lowest BCUT2D eigenvalue weighted by molar-refractivity contribution is -0.116. The molecule has 0 unspecified atom stereocenters. The summed E-state index contributed by atoms with van der Waals surface area (Å²) >= 11 is 1.55. The molecule has 1 amide bonds. The molecule has 0 aliphatic heterocycles. The Kier molecular flexibility index (Phi) is 4.99. The van der Waals surface area contributed by atoms with Gasteiger partial charge in [-0.25, -0.2) is 14.3 Å². The van der Waals surface area contributed by atoms with E-state index in [1.54, 1.807) is 30.1 Å². The Morgan fingerprint density at radius 1 is 1.04 bits per heavy atom. The Bertz CT molecular complexity index is 1200. The summed E-state index contributed by atoms with van der Waals surface area (Å²) in [5, 5.41) is 2.90. The second kappa shape index (κ2) is 7.74. The second-order valence-corrected chi connectivity index (χ2v) is 6.98. The van der Waals surface area contributed by atoms with Crippen molar-refractivity contribution in [3.05, 3.63) is 83.4 Å². The highest BCUT2D eigenvalue weighted by Gasteiger charge is 2.17. The first-order chi connectivity index (χ1) is 13.7. The van der Waals surface area contributed by atoms with Crippen LogP contribution in [-0.4, -0.2) is 26.3 Å². The summed E-state index contributed by atoms with van der Waals surface area (Å²) in [7, 11) is 0. The number of hydrogen-bond donors (Lipinski definition) is 1. The molecule has 0 spiro atoms. The van der Waals surface area contributed by atoms with Crippen LogP contribution in [0.3, 0.4) is 0 Å². The van der Waals surface area contributed by atoms with Gasteiger partial charge in [0.05, 0.1) is 16.9 Å². The largest absolute Gasteiger partial charge is 0.335 e. The summed E-state index contributed by atoms with van der Waals surface area (Å²) in [6.45, 7) is -0.0937. The Hall–Kier alpha value is -3.32. The Labute approximate surface area is 165 Å². The molecule has 6 nitrogen and oxygen atoms in total. The summed E-state index contributed by atoms with van der Waals surface area (Å²) in [4.78, 5) is 31.1. The van der Waals surface area contributed by atoms with Gasteiger partial charge in [-0.3, -0.25) is 9.36 Å². The minimum atomic E-state index is -0.298. The van der Waals surface area contributed by atoms with E-state index in [1.807, 2.05) is 60.9 Å². The van der Waals surface area contributed by atoms with Crippen LogP contribution < -0.4 is 11.0 Å². The molecule has 2 heterocycles. The van der Waals surface area contributed by atoms with Gasteiger partial charge in [0, 0.05) is 11.1 Å². The normalized spacial score (nSPS) is 10.9. The number of para-hydroxylation sites is 2. The minimum absolute atomic E-state index is 0.0937. The summed E-state index contributed by atoms with van der Waals surface area (Å²) in [5.41, 5.74) is 2.29. The number of carbonyl (C=O) groups is 1. The molecule has 2 aromatic heterocycles. The van der Waals surface area contributed by atoms with Crippen LogP contribution in [0.25, 0.3) is 16.9 Å². The van der Waals surface area contributed by atoms with E-state index in [1.165, 1.54) is 9.13 Å². The van der Waals surface area contributed by atoms with Crippen LogP contribution in [0.4, 0.5) is 5.69 Å². The Morgan fingerprint density at radius 2 is 1.79 bits per heavy atom. The van der Waals surface area contributed by atoms with Crippen LogP contribution in [0.2, 0.25) is 0 Å². The zero-order chi connectivity index (χ0) is 19.5. The van der Waals surface area contributed by atoms with Crippen LogP contribution in [0.1, 0.15) is 0 Å². The van der Waals surface area contributed by atoms with Gasteiger partial charge < -0.3 is 5.32 Å². The first-order valence-corrected chi connectivity index (χ1v) is 9.96. The quantitative estimate of drug-likeness (QED) is 0.529. The molecule has 4 aromatic rings. The van der Waals surface area contributed by atoms with Gasteiger partial charge in [-0.15, -0.1) is 11.8 Å². The van der Waals surface area contributed by atoms with Crippen LogP contribution in [0.15, 0.2) is 82.6 Å². The molecule has 7 heteroatoms. The first kappa shape index (κ1) is 18.1. The third-order valence-corrected chi connectivity index (χ3v) is 5.18. The molecule has 2 aromatic carbocycles. The van der Waals surface area contributed by atoms with E-state index in [0.29, 0.717) is 16.9 Å². The zero-order valence-corrected chi connectivity index (χ0v) is 16.0. The molecule has 4 rings (SSSR count).